The Labute approximate surface area is 179 Å². The lowest BCUT2D eigenvalue weighted by Crippen LogP contribution is -2.29. The van der Waals surface area contributed by atoms with Crippen LogP contribution in [-0.2, 0) is 4.79 Å². The maximum Gasteiger partial charge on any atom is 0.223 e. The first-order chi connectivity index (χ1) is 14.1. The zero-order chi connectivity index (χ0) is 21.2. The minimum absolute atomic E-state index is 0.0663. The molecule has 1 amide bonds. The van der Waals surface area contributed by atoms with E-state index < -0.39 is 0 Å². The molecule has 0 fully saturated rings. The Bertz CT molecular complexity index is 512. The number of hydrogen-bond donors (Lipinski definition) is 1. The van der Waals surface area contributed by atoms with Gasteiger partial charge < -0.3 is 10.0 Å². The van der Waals surface area contributed by atoms with Gasteiger partial charge in [-0.3, -0.25) is 4.79 Å². The van der Waals surface area contributed by atoms with Gasteiger partial charge in [0, 0.05) is 19.2 Å². The number of rotatable bonds is 18. The number of phenolic OH excluding ortho intramolecular Hbond substituents is 1. The highest BCUT2D eigenvalue weighted by Gasteiger charge is 2.10. The minimum Gasteiger partial charge on any atom is -0.508 e. The molecule has 166 valence electrons. The van der Waals surface area contributed by atoms with Crippen molar-refractivity contribution in [3.63, 3.8) is 0 Å². The van der Waals surface area contributed by atoms with Gasteiger partial charge in [-0.05, 0) is 30.7 Å². The van der Waals surface area contributed by atoms with Gasteiger partial charge in [-0.2, -0.15) is 0 Å². The summed E-state index contributed by atoms with van der Waals surface area (Å²) in [5, 5.41) is 9.40. The molecule has 0 heterocycles. The van der Waals surface area contributed by atoms with Gasteiger partial charge in [-0.1, -0.05) is 103 Å². The summed E-state index contributed by atoms with van der Waals surface area (Å²) in [6, 6.07) is 6.89. The van der Waals surface area contributed by atoms with E-state index in [2.05, 4.69) is 6.92 Å². The Morgan fingerprint density at radius 2 is 1.07 bits per heavy atom. The first kappa shape index (κ1) is 25.5. The number of hydrogen-bond acceptors (Lipinski definition) is 2. The van der Waals surface area contributed by atoms with Crippen LogP contribution in [0, 0.1) is 0 Å². The summed E-state index contributed by atoms with van der Waals surface area (Å²) in [7, 11) is 0. The monoisotopic (exact) mass is 403 g/mol. The van der Waals surface area contributed by atoms with Crippen molar-refractivity contribution >= 4 is 11.6 Å². The van der Waals surface area contributed by atoms with Gasteiger partial charge in [0.05, 0.1) is 0 Å². The van der Waals surface area contributed by atoms with Gasteiger partial charge in [0.15, 0.2) is 0 Å². The maximum absolute atomic E-state index is 11.9. The zero-order valence-corrected chi connectivity index (χ0v) is 19.1. The lowest BCUT2D eigenvalue weighted by atomic mass is 10.0. The van der Waals surface area contributed by atoms with Gasteiger partial charge in [-0.15, -0.1) is 0 Å². The number of benzene rings is 1. The molecule has 0 bridgehead atoms. The van der Waals surface area contributed by atoms with Crippen molar-refractivity contribution in [3.05, 3.63) is 24.3 Å². The number of anilines is 1. The van der Waals surface area contributed by atoms with Crippen molar-refractivity contribution < 1.29 is 9.90 Å². The van der Waals surface area contributed by atoms with Crippen molar-refractivity contribution in [1.82, 2.24) is 0 Å². The lowest BCUT2D eigenvalue weighted by molar-refractivity contribution is -0.116. The molecule has 1 aromatic rings. The molecule has 0 aliphatic rings. The predicted molar refractivity (Wildman–Crippen MR) is 126 cm³/mol. The third kappa shape index (κ3) is 13.4. The fourth-order valence-electron chi connectivity index (χ4n) is 3.92. The Balaban J connectivity index is 1.92. The maximum atomic E-state index is 11.9. The molecule has 29 heavy (non-hydrogen) atoms. The molecule has 0 saturated heterocycles. The molecular weight excluding hydrogens is 358 g/mol. The second kappa shape index (κ2) is 17.4. The average Bonchev–Trinajstić information content (AvgIpc) is 2.71. The van der Waals surface area contributed by atoms with Crippen LogP contribution in [0.2, 0.25) is 0 Å². The summed E-state index contributed by atoms with van der Waals surface area (Å²) in [5.41, 5.74) is 0.872. The Hall–Kier alpha value is -1.51. The topological polar surface area (TPSA) is 40.5 Å². The Morgan fingerprint density at radius 3 is 1.45 bits per heavy atom. The van der Waals surface area contributed by atoms with E-state index in [1.54, 1.807) is 19.1 Å². The van der Waals surface area contributed by atoms with Gasteiger partial charge in [-0.25, -0.2) is 0 Å². The smallest absolute Gasteiger partial charge is 0.223 e. The van der Waals surface area contributed by atoms with E-state index in [1.807, 2.05) is 17.0 Å². The highest BCUT2D eigenvalue weighted by molar-refractivity contribution is 5.91. The third-order valence-corrected chi connectivity index (χ3v) is 5.78. The van der Waals surface area contributed by atoms with E-state index in [9.17, 15) is 9.90 Å². The molecule has 3 nitrogen and oxygen atoms in total. The normalized spacial score (nSPS) is 11.0. The summed E-state index contributed by atoms with van der Waals surface area (Å²) in [5.74, 6) is 0.302. The summed E-state index contributed by atoms with van der Waals surface area (Å²) in [4.78, 5) is 13.7. The molecule has 0 saturated carbocycles. The van der Waals surface area contributed by atoms with E-state index in [1.165, 1.54) is 96.3 Å². The number of amides is 1. The van der Waals surface area contributed by atoms with Crippen molar-refractivity contribution in [2.45, 2.75) is 117 Å². The summed E-state index contributed by atoms with van der Waals surface area (Å²) in [6.45, 7) is 4.65. The number of unbranched alkanes of at least 4 members (excludes halogenated alkanes) is 15. The molecule has 0 aliphatic heterocycles. The number of phenols is 1. The quantitative estimate of drug-likeness (QED) is 0.252. The highest BCUT2D eigenvalue weighted by Crippen LogP contribution is 2.20. The highest BCUT2D eigenvalue weighted by atomic mass is 16.3. The predicted octanol–water partition coefficient (Wildman–Crippen LogP) is 8.01. The molecule has 0 radical (unpaired) electrons. The SMILES string of the molecule is CCCCCCCCCCCCCCCCCCN(C(C)=O)c1ccc(O)cc1. The summed E-state index contributed by atoms with van der Waals surface area (Å²) >= 11 is 0. The van der Waals surface area contributed by atoms with Crippen LogP contribution in [0.1, 0.15) is 117 Å². The largest absolute Gasteiger partial charge is 0.508 e. The first-order valence-electron chi connectivity index (χ1n) is 12.2. The number of carbonyl (C=O) groups is 1. The van der Waals surface area contributed by atoms with Crippen molar-refractivity contribution in [2.75, 3.05) is 11.4 Å². The third-order valence-electron chi connectivity index (χ3n) is 5.78. The first-order valence-corrected chi connectivity index (χ1v) is 12.2. The van der Waals surface area contributed by atoms with Crippen LogP contribution in [0.3, 0.4) is 0 Å². The molecule has 0 unspecified atom stereocenters. The van der Waals surface area contributed by atoms with E-state index in [0.29, 0.717) is 0 Å². The van der Waals surface area contributed by atoms with Gasteiger partial charge in [0.1, 0.15) is 5.75 Å². The van der Waals surface area contributed by atoms with Gasteiger partial charge in [0.25, 0.3) is 0 Å². The van der Waals surface area contributed by atoms with Crippen LogP contribution in [0.25, 0.3) is 0 Å². The van der Waals surface area contributed by atoms with Crippen LogP contribution in [0.4, 0.5) is 5.69 Å². The van der Waals surface area contributed by atoms with Gasteiger partial charge in [0.2, 0.25) is 5.91 Å². The second-order valence-electron chi connectivity index (χ2n) is 8.49. The Morgan fingerprint density at radius 1 is 0.690 bits per heavy atom. The fourth-order valence-corrected chi connectivity index (χ4v) is 3.92. The fraction of sp³-hybridized carbons (Fsp3) is 0.731. The molecule has 1 rings (SSSR count). The molecule has 0 aliphatic carbocycles. The van der Waals surface area contributed by atoms with E-state index in [-0.39, 0.29) is 11.7 Å². The molecule has 0 aromatic heterocycles. The molecule has 1 N–H and O–H groups in total. The van der Waals surface area contributed by atoms with Crippen molar-refractivity contribution in [1.29, 1.82) is 0 Å². The number of aromatic hydroxyl groups is 1. The lowest BCUT2D eigenvalue weighted by Gasteiger charge is -2.21. The van der Waals surface area contributed by atoms with E-state index in [0.717, 1.165) is 18.7 Å². The molecule has 0 spiro atoms. The summed E-state index contributed by atoms with van der Waals surface area (Å²) < 4.78 is 0. The minimum atomic E-state index is 0.0663. The van der Waals surface area contributed by atoms with Crippen LogP contribution < -0.4 is 4.90 Å². The summed E-state index contributed by atoms with van der Waals surface area (Å²) in [6.07, 6.45) is 21.7. The standard InChI is InChI=1S/C26H45NO2/c1-3-4-5-6-7-8-9-10-11-12-13-14-15-16-17-18-23-27(24(2)28)25-19-21-26(29)22-20-25/h19-22,29H,3-18,23H2,1-2H3. The van der Waals surface area contributed by atoms with Crippen molar-refractivity contribution in [2.24, 2.45) is 0 Å². The zero-order valence-electron chi connectivity index (χ0n) is 19.1. The number of nitrogens with zero attached hydrogens (tertiary/aromatic N) is 1. The van der Waals surface area contributed by atoms with Crippen LogP contribution in [0.5, 0.6) is 5.75 Å². The van der Waals surface area contributed by atoms with Crippen LogP contribution in [-0.4, -0.2) is 17.6 Å². The molecule has 1 aromatic carbocycles. The molecule has 3 heteroatoms. The average molecular weight is 404 g/mol. The van der Waals surface area contributed by atoms with Gasteiger partial charge >= 0.3 is 0 Å². The van der Waals surface area contributed by atoms with Crippen LogP contribution in [0.15, 0.2) is 24.3 Å². The Kier molecular flexibility index (Phi) is 15.3. The van der Waals surface area contributed by atoms with E-state index in [4.69, 9.17) is 0 Å². The second-order valence-corrected chi connectivity index (χ2v) is 8.49. The van der Waals surface area contributed by atoms with Crippen LogP contribution >= 0.6 is 0 Å². The van der Waals surface area contributed by atoms with E-state index >= 15 is 0 Å². The van der Waals surface area contributed by atoms with Crippen molar-refractivity contribution in [3.8, 4) is 5.75 Å². The molecular formula is C26H45NO2. The molecule has 0 atom stereocenters. The number of carbonyl (C=O) groups excluding carboxylic acids is 1.